The molecular formula is C13H13N5S. The molecule has 0 radical (unpaired) electrons. The standard InChI is InChI=1S/C13H13N5S/c1-9-10(7-18(2)17-9)11-8-19-13(15-11)16-12-5-3-4-6-14-12/h3-8H,1-2H3,(H,14,15,16). The molecule has 19 heavy (non-hydrogen) atoms. The van der Waals surface area contributed by atoms with Gasteiger partial charge in [0.15, 0.2) is 5.13 Å². The highest BCUT2D eigenvalue weighted by Gasteiger charge is 2.10. The third-order valence-corrected chi connectivity index (χ3v) is 3.45. The normalized spacial score (nSPS) is 10.6. The maximum atomic E-state index is 4.56. The number of nitrogens with zero attached hydrogens (tertiary/aromatic N) is 4. The van der Waals surface area contributed by atoms with Crippen LogP contribution < -0.4 is 5.32 Å². The Balaban J connectivity index is 1.86. The topological polar surface area (TPSA) is 55.6 Å². The lowest BCUT2D eigenvalue weighted by Gasteiger charge is -1.99. The molecule has 3 rings (SSSR count). The van der Waals surface area contributed by atoms with Gasteiger partial charge in [0.2, 0.25) is 0 Å². The first kappa shape index (κ1) is 11.9. The fourth-order valence-electron chi connectivity index (χ4n) is 1.85. The van der Waals surface area contributed by atoms with Crippen molar-refractivity contribution >= 4 is 22.3 Å². The Morgan fingerprint density at radius 1 is 1.32 bits per heavy atom. The number of aryl methyl sites for hydroxylation is 2. The van der Waals surface area contributed by atoms with Crippen LogP contribution >= 0.6 is 11.3 Å². The molecule has 0 bridgehead atoms. The Bertz CT molecular complexity index is 686. The molecule has 3 heterocycles. The van der Waals surface area contributed by atoms with Crippen molar-refractivity contribution < 1.29 is 0 Å². The Kier molecular flexibility index (Phi) is 3.00. The van der Waals surface area contributed by atoms with E-state index in [1.165, 1.54) is 0 Å². The third kappa shape index (κ3) is 2.48. The van der Waals surface area contributed by atoms with Crippen LogP contribution in [0, 0.1) is 6.92 Å². The molecule has 0 aliphatic heterocycles. The Labute approximate surface area is 115 Å². The van der Waals surface area contributed by atoms with Crippen molar-refractivity contribution in [3.05, 3.63) is 41.7 Å². The Morgan fingerprint density at radius 2 is 2.21 bits per heavy atom. The molecule has 96 valence electrons. The molecule has 0 aliphatic rings. The number of hydrogen-bond acceptors (Lipinski definition) is 5. The highest BCUT2D eigenvalue weighted by molar-refractivity contribution is 7.14. The van der Waals surface area contributed by atoms with E-state index in [0.29, 0.717) is 0 Å². The molecule has 0 saturated heterocycles. The molecule has 0 atom stereocenters. The average molecular weight is 271 g/mol. The van der Waals surface area contributed by atoms with Gasteiger partial charge in [0.25, 0.3) is 0 Å². The number of rotatable bonds is 3. The van der Waals surface area contributed by atoms with Gasteiger partial charge in [-0.15, -0.1) is 11.3 Å². The van der Waals surface area contributed by atoms with Crippen LogP contribution in [0.1, 0.15) is 5.69 Å². The monoisotopic (exact) mass is 271 g/mol. The third-order valence-electron chi connectivity index (χ3n) is 2.69. The van der Waals surface area contributed by atoms with Gasteiger partial charge in [-0.3, -0.25) is 4.68 Å². The molecule has 0 spiro atoms. The van der Waals surface area contributed by atoms with Gasteiger partial charge < -0.3 is 5.32 Å². The molecule has 6 heteroatoms. The summed E-state index contributed by atoms with van der Waals surface area (Å²) < 4.78 is 1.80. The van der Waals surface area contributed by atoms with Gasteiger partial charge in [0.1, 0.15) is 5.82 Å². The SMILES string of the molecule is Cc1nn(C)cc1-c1csc(Nc2ccccn2)n1. The molecule has 0 fully saturated rings. The second kappa shape index (κ2) is 4.81. The smallest absolute Gasteiger partial charge is 0.188 e. The minimum atomic E-state index is 0.798. The molecule has 0 aliphatic carbocycles. The molecule has 0 saturated carbocycles. The van der Waals surface area contributed by atoms with Crippen molar-refractivity contribution in [2.45, 2.75) is 6.92 Å². The highest BCUT2D eigenvalue weighted by Crippen LogP contribution is 2.27. The van der Waals surface area contributed by atoms with Gasteiger partial charge in [0, 0.05) is 30.4 Å². The van der Waals surface area contributed by atoms with Gasteiger partial charge in [-0.05, 0) is 19.1 Å². The minimum absolute atomic E-state index is 0.798. The van der Waals surface area contributed by atoms with Crippen molar-refractivity contribution in [1.29, 1.82) is 0 Å². The van der Waals surface area contributed by atoms with Crippen LogP contribution in [-0.2, 0) is 7.05 Å². The largest absolute Gasteiger partial charge is 0.316 e. The van der Waals surface area contributed by atoms with E-state index in [-0.39, 0.29) is 0 Å². The van der Waals surface area contributed by atoms with Gasteiger partial charge >= 0.3 is 0 Å². The van der Waals surface area contributed by atoms with Gasteiger partial charge in [-0.1, -0.05) is 6.07 Å². The van der Waals surface area contributed by atoms with Crippen LogP contribution in [-0.4, -0.2) is 19.7 Å². The zero-order chi connectivity index (χ0) is 13.2. The van der Waals surface area contributed by atoms with Crippen molar-refractivity contribution in [2.24, 2.45) is 7.05 Å². The fourth-order valence-corrected chi connectivity index (χ4v) is 2.57. The molecule has 3 aromatic rings. The number of pyridine rings is 1. The maximum Gasteiger partial charge on any atom is 0.188 e. The van der Waals surface area contributed by atoms with Crippen LogP contribution in [0.25, 0.3) is 11.3 Å². The van der Waals surface area contributed by atoms with Gasteiger partial charge in [-0.2, -0.15) is 5.10 Å². The molecular weight excluding hydrogens is 258 g/mol. The van der Waals surface area contributed by atoms with E-state index in [4.69, 9.17) is 0 Å². The number of anilines is 2. The minimum Gasteiger partial charge on any atom is -0.316 e. The lowest BCUT2D eigenvalue weighted by Crippen LogP contribution is -1.91. The van der Waals surface area contributed by atoms with E-state index in [1.807, 2.05) is 43.7 Å². The Morgan fingerprint density at radius 3 is 2.89 bits per heavy atom. The first-order valence-electron chi connectivity index (χ1n) is 5.86. The molecule has 0 amide bonds. The first-order chi connectivity index (χ1) is 9.22. The molecule has 0 aromatic carbocycles. The first-order valence-corrected chi connectivity index (χ1v) is 6.74. The summed E-state index contributed by atoms with van der Waals surface area (Å²) in [5.41, 5.74) is 2.99. The van der Waals surface area contributed by atoms with Crippen LogP contribution in [0.3, 0.4) is 0 Å². The summed E-state index contributed by atoms with van der Waals surface area (Å²) in [5.74, 6) is 0.798. The van der Waals surface area contributed by atoms with Crippen molar-refractivity contribution in [2.75, 3.05) is 5.32 Å². The summed E-state index contributed by atoms with van der Waals surface area (Å²) in [5, 5.41) is 10.4. The lowest BCUT2D eigenvalue weighted by molar-refractivity contribution is 0.756. The van der Waals surface area contributed by atoms with Crippen LogP contribution in [0.5, 0.6) is 0 Å². The van der Waals surface area contributed by atoms with E-state index >= 15 is 0 Å². The lowest BCUT2D eigenvalue weighted by atomic mass is 10.2. The van der Waals surface area contributed by atoms with Crippen LogP contribution in [0.2, 0.25) is 0 Å². The number of thiazole rings is 1. The molecule has 3 aromatic heterocycles. The zero-order valence-electron chi connectivity index (χ0n) is 10.7. The van der Waals surface area contributed by atoms with Crippen molar-refractivity contribution in [1.82, 2.24) is 19.7 Å². The van der Waals surface area contributed by atoms with Gasteiger partial charge in [0.05, 0.1) is 11.4 Å². The van der Waals surface area contributed by atoms with E-state index in [9.17, 15) is 0 Å². The summed E-state index contributed by atoms with van der Waals surface area (Å²) in [6, 6.07) is 5.74. The van der Waals surface area contributed by atoms with Crippen LogP contribution in [0.4, 0.5) is 10.9 Å². The fraction of sp³-hybridized carbons (Fsp3) is 0.154. The van der Waals surface area contributed by atoms with Gasteiger partial charge in [-0.25, -0.2) is 9.97 Å². The number of nitrogens with one attached hydrogen (secondary N) is 1. The second-order valence-corrected chi connectivity index (χ2v) is 5.04. The molecule has 5 nitrogen and oxygen atoms in total. The summed E-state index contributed by atoms with van der Waals surface area (Å²) in [7, 11) is 1.91. The van der Waals surface area contributed by atoms with E-state index < -0.39 is 0 Å². The number of aromatic nitrogens is 4. The zero-order valence-corrected chi connectivity index (χ0v) is 11.5. The maximum absolute atomic E-state index is 4.56. The average Bonchev–Trinajstić information content (AvgIpc) is 2.97. The van der Waals surface area contributed by atoms with E-state index in [1.54, 1.807) is 22.2 Å². The predicted molar refractivity (Wildman–Crippen MR) is 76.6 cm³/mol. The number of hydrogen-bond donors (Lipinski definition) is 1. The van der Waals surface area contributed by atoms with Crippen molar-refractivity contribution in [3.8, 4) is 11.3 Å². The van der Waals surface area contributed by atoms with E-state index in [2.05, 4.69) is 20.4 Å². The summed E-state index contributed by atoms with van der Waals surface area (Å²) in [6.07, 6.45) is 3.73. The highest BCUT2D eigenvalue weighted by atomic mass is 32.1. The Hall–Kier alpha value is -2.21. The predicted octanol–water partition coefficient (Wildman–Crippen LogP) is 2.99. The van der Waals surface area contributed by atoms with Crippen molar-refractivity contribution in [3.63, 3.8) is 0 Å². The summed E-state index contributed by atoms with van der Waals surface area (Å²) in [6.45, 7) is 1.99. The van der Waals surface area contributed by atoms with E-state index in [0.717, 1.165) is 27.9 Å². The van der Waals surface area contributed by atoms with Crippen LogP contribution in [0.15, 0.2) is 36.0 Å². The summed E-state index contributed by atoms with van der Waals surface area (Å²) >= 11 is 1.56. The second-order valence-electron chi connectivity index (χ2n) is 4.18. The molecule has 0 unspecified atom stereocenters. The summed E-state index contributed by atoms with van der Waals surface area (Å²) in [4.78, 5) is 8.78. The quantitative estimate of drug-likeness (QED) is 0.795. The molecule has 1 N–H and O–H groups in total.